The molecule has 0 saturated heterocycles. The third-order valence-corrected chi connectivity index (χ3v) is 1.74. The van der Waals surface area contributed by atoms with Crippen LogP contribution in [0.4, 0.5) is 0 Å². The summed E-state index contributed by atoms with van der Waals surface area (Å²) in [7, 11) is 0. The summed E-state index contributed by atoms with van der Waals surface area (Å²) in [5, 5.41) is 0. The van der Waals surface area contributed by atoms with Gasteiger partial charge in [-0.15, -0.1) is 0 Å². The first kappa shape index (κ1) is 7.72. The van der Waals surface area contributed by atoms with Crippen LogP contribution >= 0.6 is 0 Å². The number of nitrogens with two attached hydrogens (primary N) is 1. The van der Waals surface area contributed by atoms with Crippen LogP contribution < -0.4 is 5.73 Å². The number of nitrogens with zero attached hydrogens (tertiary/aromatic N) is 3. The van der Waals surface area contributed by atoms with E-state index in [1.165, 1.54) is 6.20 Å². The van der Waals surface area contributed by atoms with Crippen LogP contribution in [0.25, 0.3) is 5.78 Å². The molecule has 13 heavy (non-hydrogen) atoms. The van der Waals surface area contributed by atoms with Crippen molar-refractivity contribution in [2.75, 3.05) is 0 Å². The number of carbonyl (C=O) groups is 1. The summed E-state index contributed by atoms with van der Waals surface area (Å²) in [5.41, 5.74) is 6.37. The number of hydrogen-bond donors (Lipinski definition) is 1. The van der Waals surface area contributed by atoms with E-state index in [2.05, 4.69) is 9.97 Å². The molecule has 0 spiro atoms. The van der Waals surface area contributed by atoms with Crippen molar-refractivity contribution < 1.29 is 4.79 Å². The summed E-state index contributed by atoms with van der Waals surface area (Å²) in [6, 6.07) is 1.57. The molecular weight excluding hydrogens is 168 g/mol. The summed E-state index contributed by atoms with van der Waals surface area (Å²) >= 11 is 0. The Bertz CT molecular complexity index is 474. The Labute approximate surface area is 74.2 Å². The van der Waals surface area contributed by atoms with Gasteiger partial charge in [0.15, 0.2) is 0 Å². The van der Waals surface area contributed by atoms with Crippen LogP contribution in [-0.4, -0.2) is 20.3 Å². The highest BCUT2D eigenvalue weighted by Crippen LogP contribution is 2.04. The van der Waals surface area contributed by atoms with Gasteiger partial charge in [-0.3, -0.25) is 9.20 Å². The Kier molecular flexibility index (Phi) is 1.51. The van der Waals surface area contributed by atoms with Crippen molar-refractivity contribution in [3.63, 3.8) is 0 Å². The maximum atomic E-state index is 11.0. The average molecular weight is 176 g/mol. The molecule has 0 aromatic carbocycles. The van der Waals surface area contributed by atoms with Crippen molar-refractivity contribution >= 4 is 11.7 Å². The lowest BCUT2D eigenvalue weighted by molar-refractivity contribution is 0.0994. The van der Waals surface area contributed by atoms with E-state index in [0.29, 0.717) is 11.5 Å². The molecule has 5 nitrogen and oxygen atoms in total. The van der Waals surface area contributed by atoms with Crippen LogP contribution in [-0.2, 0) is 0 Å². The third kappa shape index (κ3) is 1.14. The zero-order chi connectivity index (χ0) is 9.42. The lowest BCUT2D eigenvalue weighted by Gasteiger charge is -1.97. The second-order valence-electron chi connectivity index (χ2n) is 2.75. The van der Waals surface area contributed by atoms with Crippen molar-refractivity contribution in [2.45, 2.75) is 6.92 Å². The van der Waals surface area contributed by atoms with Crippen LogP contribution in [0.3, 0.4) is 0 Å². The Morgan fingerprint density at radius 3 is 3.08 bits per heavy atom. The molecule has 0 bridgehead atoms. The van der Waals surface area contributed by atoms with E-state index in [4.69, 9.17) is 5.73 Å². The van der Waals surface area contributed by atoms with Crippen LogP contribution in [0.2, 0.25) is 0 Å². The van der Waals surface area contributed by atoms with Gasteiger partial charge in [0, 0.05) is 12.4 Å². The molecule has 0 saturated carbocycles. The van der Waals surface area contributed by atoms with E-state index in [1.807, 2.05) is 6.92 Å². The van der Waals surface area contributed by atoms with E-state index in [0.717, 1.165) is 5.69 Å². The van der Waals surface area contributed by atoms with Gasteiger partial charge in [0.25, 0.3) is 5.91 Å². The fourth-order valence-electron chi connectivity index (χ4n) is 1.21. The fourth-order valence-corrected chi connectivity index (χ4v) is 1.21. The van der Waals surface area contributed by atoms with E-state index >= 15 is 0 Å². The number of imidazole rings is 1. The normalized spacial score (nSPS) is 10.5. The number of rotatable bonds is 1. The van der Waals surface area contributed by atoms with Gasteiger partial charge in [-0.1, -0.05) is 0 Å². The highest BCUT2D eigenvalue weighted by molar-refractivity contribution is 5.91. The number of primary amides is 1. The largest absolute Gasteiger partial charge is 0.364 e. The van der Waals surface area contributed by atoms with Crippen molar-refractivity contribution in [3.05, 3.63) is 29.8 Å². The number of hydrogen-bond acceptors (Lipinski definition) is 3. The van der Waals surface area contributed by atoms with Crippen molar-refractivity contribution in [2.24, 2.45) is 5.73 Å². The summed E-state index contributed by atoms with van der Waals surface area (Å²) in [4.78, 5) is 19.1. The Balaban J connectivity index is 2.82. The lowest BCUT2D eigenvalue weighted by atomic mass is 10.4. The first-order valence-corrected chi connectivity index (χ1v) is 3.79. The van der Waals surface area contributed by atoms with Gasteiger partial charge in [-0.2, -0.15) is 0 Å². The second-order valence-corrected chi connectivity index (χ2v) is 2.75. The Morgan fingerprint density at radius 1 is 1.62 bits per heavy atom. The summed E-state index contributed by atoms with van der Waals surface area (Å²) < 4.78 is 1.58. The third-order valence-electron chi connectivity index (χ3n) is 1.74. The van der Waals surface area contributed by atoms with E-state index in [-0.39, 0.29) is 0 Å². The molecule has 0 aliphatic carbocycles. The summed E-state index contributed by atoms with van der Waals surface area (Å²) in [6.45, 7) is 1.83. The van der Waals surface area contributed by atoms with Gasteiger partial charge in [0.1, 0.15) is 5.69 Å². The number of aromatic nitrogens is 3. The number of fused-ring (bicyclic) bond motifs is 1. The van der Waals surface area contributed by atoms with Crippen LogP contribution in [0, 0.1) is 6.92 Å². The lowest BCUT2D eigenvalue weighted by Crippen LogP contribution is -2.15. The minimum absolute atomic E-state index is 0.394. The zero-order valence-electron chi connectivity index (χ0n) is 7.06. The zero-order valence-corrected chi connectivity index (χ0v) is 7.06. The molecule has 2 aromatic rings. The molecule has 2 rings (SSSR count). The van der Waals surface area contributed by atoms with Gasteiger partial charge >= 0.3 is 0 Å². The van der Waals surface area contributed by atoms with Crippen LogP contribution in [0.15, 0.2) is 18.5 Å². The Morgan fingerprint density at radius 2 is 2.38 bits per heavy atom. The predicted octanol–water partition coefficient (Wildman–Crippen LogP) is 0.137. The minimum atomic E-state index is -0.482. The highest BCUT2D eigenvalue weighted by Gasteiger charge is 2.07. The molecule has 5 heteroatoms. The molecule has 0 atom stereocenters. The minimum Gasteiger partial charge on any atom is -0.364 e. The maximum absolute atomic E-state index is 11.0. The molecular formula is C8H8N4O. The quantitative estimate of drug-likeness (QED) is 0.671. The molecule has 2 heterocycles. The van der Waals surface area contributed by atoms with Crippen molar-refractivity contribution in [1.29, 1.82) is 0 Å². The van der Waals surface area contributed by atoms with Crippen LogP contribution in [0.1, 0.15) is 16.2 Å². The summed E-state index contributed by atoms with van der Waals surface area (Å²) in [5.74, 6) is 0.0126. The van der Waals surface area contributed by atoms with E-state index < -0.39 is 5.91 Å². The average Bonchev–Trinajstić information content (AvgIpc) is 2.43. The standard InChI is InChI=1S/C8H8N4O/c1-5-4-12-6(7(9)13)2-3-10-8(12)11-5/h2-4H,1H3,(H2,9,13). The number of aryl methyl sites for hydroxylation is 1. The van der Waals surface area contributed by atoms with Gasteiger partial charge in [0.05, 0.1) is 5.69 Å². The second kappa shape index (κ2) is 2.55. The highest BCUT2D eigenvalue weighted by atomic mass is 16.1. The molecule has 2 aromatic heterocycles. The van der Waals surface area contributed by atoms with Crippen molar-refractivity contribution in [1.82, 2.24) is 14.4 Å². The molecule has 2 N–H and O–H groups in total. The number of carbonyl (C=O) groups excluding carboxylic acids is 1. The van der Waals surface area contributed by atoms with Gasteiger partial charge in [-0.05, 0) is 13.0 Å². The predicted molar refractivity (Wildman–Crippen MR) is 46.2 cm³/mol. The summed E-state index contributed by atoms with van der Waals surface area (Å²) in [6.07, 6.45) is 3.24. The van der Waals surface area contributed by atoms with E-state index in [9.17, 15) is 4.79 Å². The Hall–Kier alpha value is -1.91. The monoisotopic (exact) mass is 176 g/mol. The molecule has 0 aliphatic rings. The first-order valence-electron chi connectivity index (χ1n) is 3.79. The van der Waals surface area contributed by atoms with Gasteiger partial charge in [-0.25, -0.2) is 9.97 Å². The fraction of sp³-hybridized carbons (Fsp3) is 0.125. The first-order chi connectivity index (χ1) is 6.18. The molecule has 1 amide bonds. The smallest absolute Gasteiger partial charge is 0.265 e. The molecule has 0 radical (unpaired) electrons. The maximum Gasteiger partial charge on any atom is 0.265 e. The SMILES string of the molecule is Cc1cn2c(C(N)=O)ccnc2n1. The molecule has 0 aliphatic heterocycles. The van der Waals surface area contributed by atoms with E-state index in [1.54, 1.807) is 16.7 Å². The molecule has 0 unspecified atom stereocenters. The van der Waals surface area contributed by atoms with Gasteiger partial charge in [0.2, 0.25) is 5.78 Å². The molecule has 66 valence electrons. The van der Waals surface area contributed by atoms with Crippen molar-refractivity contribution in [3.8, 4) is 0 Å². The molecule has 0 fully saturated rings. The van der Waals surface area contributed by atoms with Gasteiger partial charge < -0.3 is 5.73 Å². The topological polar surface area (TPSA) is 73.3 Å². The number of amides is 1. The van der Waals surface area contributed by atoms with Crippen LogP contribution in [0.5, 0.6) is 0 Å².